The molecule has 1 aliphatic rings. The van der Waals surface area contributed by atoms with Crippen molar-refractivity contribution in [2.75, 3.05) is 23.7 Å². The van der Waals surface area contributed by atoms with E-state index in [0.717, 1.165) is 30.7 Å². The second kappa shape index (κ2) is 4.09. The Labute approximate surface area is 91.3 Å². The van der Waals surface area contributed by atoms with Crippen molar-refractivity contribution in [3.05, 3.63) is 18.2 Å². The third-order valence-electron chi connectivity index (χ3n) is 2.95. The Balaban J connectivity index is 2.16. The van der Waals surface area contributed by atoms with Gasteiger partial charge in [-0.25, -0.2) is 4.98 Å². The molecule has 1 fully saturated rings. The fourth-order valence-corrected chi connectivity index (χ4v) is 2.47. The predicted molar refractivity (Wildman–Crippen MR) is 63.8 cm³/mol. The fraction of sp³-hybridized carbons (Fsp3) is 0.583. The quantitative estimate of drug-likeness (QED) is 0.763. The van der Waals surface area contributed by atoms with Gasteiger partial charge in [-0.1, -0.05) is 19.9 Å². The lowest BCUT2D eigenvalue weighted by Gasteiger charge is -2.35. The summed E-state index contributed by atoms with van der Waals surface area (Å²) in [5.74, 6) is 3.13. The molecule has 2 unspecified atom stereocenters. The number of hydrogen-bond donors (Lipinski definition) is 1. The monoisotopic (exact) mass is 205 g/mol. The summed E-state index contributed by atoms with van der Waals surface area (Å²) in [6, 6.07) is 5.85. The van der Waals surface area contributed by atoms with Crippen LogP contribution in [0.3, 0.4) is 0 Å². The Hall–Kier alpha value is -1.25. The molecule has 2 rings (SSSR count). The second-order valence-corrected chi connectivity index (χ2v) is 4.77. The number of hydrogen-bond acceptors (Lipinski definition) is 3. The minimum atomic E-state index is 0.610. The van der Waals surface area contributed by atoms with Crippen LogP contribution in [0.2, 0.25) is 0 Å². The van der Waals surface area contributed by atoms with Crippen molar-refractivity contribution < 1.29 is 0 Å². The summed E-state index contributed by atoms with van der Waals surface area (Å²) in [5, 5.41) is 0. The molecule has 0 bridgehead atoms. The second-order valence-electron chi connectivity index (χ2n) is 4.77. The Bertz CT molecular complexity index is 327. The van der Waals surface area contributed by atoms with Gasteiger partial charge in [-0.05, 0) is 30.4 Å². The summed E-state index contributed by atoms with van der Waals surface area (Å²) >= 11 is 0. The molecular formula is C12H19N3. The highest BCUT2D eigenvalue weighted by Gasteiger charge is 2.22. The lowest BCUT2D eigenvalue weighted by Crippen LogP contribution is -2.39. The predicted octanol–water partition coefficient (Wildman–Crippen LogP) is 2.15. The molecule has 3 heteroatoms. The summed E-state index contributed by atoms with van der Waals surface area (Å²) in [5.41, 5.74) is 5.70. The number of piperidine rings is 1. The van der Waals surface area contributed by atoms with E-state index in [0.29, 0.717) is 5.82 Å². The van der Waals surface area contributed by atoms with Crippen LogP contribution < -0.4 is 10.6 Å². The molecule has 2 N–H and O–H groups in total. The number of pyridine rings is 1. The van der Waals surface area contributed by atoms with Crippen LogP contribution in [-0.4, -0.2) is 18.1 Å². The Kier molecular flexibility index (Phi) is 2.80. The first-order valence-electron chi connectivity index (χ1n) is 5.62. The minimum absolute atomic E-state index is 0.610. The zero-order chi connectivity index (χ0) is 10.8. The van der Waals surface area contributed by atoms with Crippen LogP contribution in [0.15, 0.2) is 18.2 Å². The first kappa shape index (κ1) is 10.3. The van der Waals surface area contributed by atoms with Gasteiger partial charge in [0.15, 0.2) is 0 Å². The van der Waals surface area contributed by atoms with Crippen molar-refractivity contribution >= 4 is 11.6 Å². The van der Waals surface area contributed by atoms with E-state index < -0.39 is 0 Å². The maximum Gasteiger partial charge on any atom is 0.130 e. The summed E-state index contributed by atoms with van der Waals surface area (Å²) in [4.78, 5) is 6.71. The standard InChI is InChI=1S/C12H19N3/c1-9-6-10(2)8-15(7-9)12-5-3-4-11(13)14-12/h3-5,9-10H,6-8H2,1-2H3,(H2,13,14). The number of aromatic nitrogens is 1. The van der Waals surface area contributed by atoms with Gasteiger partial charge in [0.25, 0.3) is 0 Å². The van der Waals surface area contributed by atoms with Crippen molar-refractivity contribution in [1.82, 2.24) is 4.98 Å². The fourth-order valence-electron chi connectivity index (χ4n) is 2.47. The molecule has 82 valence electrons. The van der Waals surface area contributed by atoms with Gasteiger partial charge in [0.1, 0.15) is 11.6 Å². The van der Waals surface area contributed by atoms with Crippen LogP contribution in [0.5, 0.6) is 0 Å². The Morgan fingerprint density at radius 3 is 2.53 bits per heavy atom. The first-order valence-corrected chi connectivity index (χ1v) is 5.62. The van der Waals surface area contributed by atoms with E-state index in [4.69, 9.17) is 5.73 Å². The molecule has 1 aromatic rings. The van der Waals surface area contributed by atoms with Gasteiger partial charge in [-0.15, -0.1) is 0 Å². The highest BCUT2D eigenvalue weighted by atomic mass is 15.2. The summed E-state index contributed by atoms with van der Waals surface area (Å²) in [7, 11) is 0. The van der Waals surface area contributed by atoms with E-state index in [1.807, 2.05) is 18.2 Å². The van der Waals surface area contributed by atoms with E-state index in [-0.39, 0.29) is 0 Å². The average Bonchev–Trinajstić information content (AvgIpc) is 2.16. The molecule has 1 saturated heterocycles. The molecule has 0 radical (unpaired) electrons. The Morgan fingerprint density at radius 2 is 1.93 bits per heavy atom. The van der Waals surface area contributed by atoms with Crippen LogP contribution in [0.1, 0.15) is 20.3 Å². The van der Waals surface area contributed by atoms with Gasteiger partial charge >= 0.3 is 0 Å². The molecule has 0 aromatic carbocycles. The van der Waals surface area contributed by atoms with Crippen molar-refractivity contribution in [2.24, 2.45) is 11.8 Å². The van der Waals surface area contributed by atoms with Gasteiger partial charge in [-0.3, -0.25) is 0 Å². The van der Waals surface area contributed by atoms with Crippen LogP contribution in [0.25, 0.3) is 0 Å². The maximum atomic E-state index is 5.70. The lowest BCUT2D eigenvalue weighted by atomic mass is 9.92. The van der Waals surface area contributed by atoms with Crippen LogP contribution in [-0.2, 0) is 0 Å². The zero-order valence-corrected chi connectivity index (χ0v) is 9.48. The van der Waals surface area contributed by atoms with E-state index in [2.05, 4.69) is 23.7 Å². The summed E-state index contributed by atoms with van der Waals surface area (Å²) in [6.45, 7) is 6.80. The summed E-state index contributed by atoms with van der Waals surface area (Å²) in [6.07, 6.45) is 1.32. The number of nitrogens with two attached hydrogens (primary N) is 1. The molecule has 2 heterocycles. The molecule has 0 aliphatic carbocycles. The average molecular weight is 205 g/mol. The molecule has 3 nitrogen and oxygen atoms in total. The first-order chi connectivity index (χ1) is 7.15. The van der Waals surface area contributed by atoms with E-state index in [1.54, 1.807) is 0 Å². The molecule has 1 aliphatic heterocycles. The third-order valence-corrected chi connectivity index (χ3v) is 2.95. The molecule has 2 atom stereocenters. The van der Waals surface area contributed by atoms with Gasteiger partial charge in [-0.2, -0.15) is 0 Å². The molecule has 0 saturated carbocycles. The van der Waals surface area contributed by atoms with Gasteiger partial charge in [0.2, 0.25) is 0 Å². The van der Waals surface area contributed by atoms with Crippen molar-refractivity contribution in [2.45, 2.75) is 20.3 Å². The number of nitrogens with zero attached hydrogens (tertiary/aromatic N) is 2. The van der Waals surface area contributed by atoms with Crippen LogP contribution >= 0.6 is 0 Å². The van der Waals surface area contributed by atoms with Crippen LogP contribution in [0.4, 0.5) is 11.6 Å². The van der Waals surface area contributed by atoms with E-state index >= 15 is 0 Å². The summed E-state index contributed by atoms with van der Waals surface area (Å²) < 4.78 is 0. The largest absolute Gasteiger partial charge is 0.384 e. The van der Waals surface area contributed by atoms with E-state index in [1.165, 1.54) is 6.42 Å². The third kappa shape index (κ3) is 2.41. The highest BCUT2D eigenvalue weighted by Crippen LogP contribution is 2.25. The molecule has 1 aromatic heterocycles. The van der Waals surface area contributed by atoms with Crippen molar-refractivity contribution in [3.8, 4) is 0 Å². The zero-order valence-electron chi connectivity index (χ0n) is 9.48. The normalized spacial score (nSPS) is 26.7. The SMILES string of the molecule is CC1CC(C)CN(c2cccc(N)n2)C1. The highest BCUT2D eigenvalue weighted by molar-refractivity contribution is 5.45. The minimum Gasteiger partial charge on any atom is -0.384 e. The molecule has 0 amide bonds. The molecule has 0 spiro atoms. The number of anilines is 2. The van der Waals surface area contributed by atoms with Crippen molar-refractivity contribution in [1.29, 1.82) is 0 Å². The molecular weight excluding hydrogens is 186 g/mol. The maximum absolute atomic E-state index is 5.70. The Morgan fingerprint density at radius 1 is 1.27 bits per heavy atom. The lowest BCUT2D eigenvalue weighted by molar-refractivity contribution is 0.355. The van der Waals surface area contributed by atoms with Gasteiger partial charge in [0.05, 0.1) is 0 Å². The van der Waals surface area contributed by atoms with E-state index in [9.17, 15) is 0 Å². The smallest absolute Gasteiger partial charge is 0.130 e. The van der Waals surface area contributed by atoms with Crippen LogP contribution in [0, 0.1) is 11.8 Å². The number of nitrogen functional groups attached to an aromatic ring is 1. The topological polar surface area (TPSA) is 42.1 Å². The van der Waals surface area contributed by atoms with Crippen molar-refractivity contribution in [3.63, 3.8) is 0 Å². The van der Waals surface area contributed by atoms with Gasteiger partial charge < -0.3 is 10.6 Å². The van der Waals surface area contributed by atoms with Gasteiger partial charge in [0, 0.05) is 13.1 Å². The molecule has 15 heavy (non-hydrogen) atoms. The number of rotatable bonds is 1.